The average Bonchev–Trinajstić information content (AvgIpc) is 3.26. The second kappa shape index (κ2) is 8.76. The van der Waals surface area contributed by atoms with Gasteiger partial charge in [-0.2, -0.15) is 5.10 Å². The highest BCUT2D eigenvalue weighted by atomic mass is 35.5. The van der Waals surface area contributed by atoms with E-state index in [1.54, 1.807) is 18.2 Å². The molecule has 3 aromatic rings. The summed E-state index contributed by atoms with van der Waals surface area (Å²) in [6.45, 7) is 1.47. The minimum atomic E-state index is -0.203. The van der Waals surface area contributed by atoms with Crippen LogP contribution in [-0.2, 0) is 16.1 Å². The van der Waals surface area contributed by atoms with Crippen LogP contribution < -0.4 is 10.9 Å². The van der Waals surface area contributed by atoms with Crippen molar-refractivity contribution in [2.45, 2.75) is 31.9 Å². The van der Waals surface area contributed by atoms with Gasteiger partial charge in [-0.3, -0.25) is 9.59 Å². The molecular weight excluding hydrogens is 390 g/mol. The number of aryl methyl sites for hydroxylation is 1. The van der Waals surface area contributed by atoms with Gasteiger partial charge in [0.2, 0.25) is 5.91 Å². The number of amides is 1. The number of fused-ring (bicyclic) bond motifs is 1. The third kappa shape index (κ3) is 4.49. The smallest absolute Gasteiger partial charge is 0.274 e. The van der Waals surface area contributed by atoms with E-state index in [0.717, 1.165) is 30.4 Å². The predicted molar refractivity (Wildman–Crippen MR) is 113 cm³/mol. The number of nitrogens with zero attached hydrogens (tertiary/aromatic N) is 2. The van der Waals surface area contributed by atoms with Gasteiger partial charge in [0, 0.05) is 35.5 Å². The minimum Gasteiger partial charge on any atom is -0.376 e. The topological polar surface area (TPSA) is 73.2 Å². The summed E-state index contributed by atoms with van der Waals surface area (Å²) in [4.78, 5) is 25.1. The quantitative estimate of drug-likeness (QED) is 0.674. The van der Waals surface area contributed by atoms with E-state index in [-0.39, 0.29) is 30.5 Å². The third-order valence-corrected chi connectivity index (χ3v) is 5.34. The molecule has 29 heavy (non-hydrogen) atoms. The van der Waals surface area contributed by atoms with Crippen LogP contribution >= 0.6 is 11.6 Å². The number of hydrogen-bond acceptors (Lipinski definition) is 4. The number of carbonyl (C=O) groups excluding carboxylic acids is 1. The van der Waals surface area contributed by atoms with Gasteiger partial charge >= 0.3 is 0 Å². The summed E-state index contributed by atoms with van der Waals surface area (Å²) >= 11 is 6.01. The molecule has 0 aliphatic carbocycles. The normalized spacial score (nSPS) is 16.2. The molecule has 1 amide bonds. The standard InChI is InChI=1S/C22H22ClN3O3/c23-16-9-7-15(8-10-16)21-18-5-1-2-6-19(18)22(28)26(25-21)12-11-20(27)24-14-17-4-3-13-29-17/h1-2,5-10,17H,3-4,11-14H2,(H,24,27)/t17-/m0/s1. The van der Waals surface area contributed by atoms with Crippen LogP contribution in [0.1, 0.15) is 19.3 Å². The Balaban J connectivity index is 1.57. The van der Waals surface area contributed by atoms with E-state index in [1.165, 1.54) is 4.68 Å². The van der Waals surface area contributed by atoms with Crippen LogP contribution in [0.15, 0.2) is 53.3 Å². The van der Waals surface area contributed by atoms with Crippen molar-refractivity contribution in [1.29, 1.82) is 0 Å². The highest BCUT2D eigenvalue weighted by molar-refractivity contribution is 6.30. The van der Waals surface area contributed by atoms with Crippen LogP contribution in [0.25, 0.3) is 22.0 Å². The Labute approximate surface area is 173 Å². The van der Waals surface area contributed by atoms with E-state index in [4.69, 9.17) is 16.3 Å². The molecule has 1 saturated heterocycles. The average molecular weight is 412 g/mol. The van der Waals surface area contributed by atoms with Crippen LogP contribution in [-0.4, -0.2) is 34.9 Å². The van der Waals surface area contributed by atoms with Gasteiger partial charge in [-0.15, -0.1) is 0 Å². The Morgan fingerprint density at radius 1 is 1.17 bits per heavy atom. The predicted octanol–water partition coefficient (Wildman–Crippen LogP) is 3.40. The second-order valence-electron chi connectivity index (χ2n) is 7.12. The van der Waals surface area contributed by atoms with Crippen molar-refractivity contribution < 1.29 is 9.53 Å². The first-order chi connectivity index (χ1) is 14.1. The summed E-state index contributed by atoms with van der Waals surface area (Å²) in [5, 5.41) is 9.44. The van der Waals surface area contributed by atoms with Gasteiger partial charge < -0.3 is 10.1 Å². The van der Waals surface area contributed by atoms with E-state index < -0.39 is 0 Å². The molecule has 0 unspecified atom stereocenters. The maximum Gasteiger partial charge on any atom is 0.274 e. The Morgan fingerprint density at radius 3 is 2.66 bits per heavy atom. The van der Waals surface area contributed by atoms with E-state index in [2.05, 4.69) is 10.4 Å². The molecule has 1 fully saturated rings. The molecule has 6 nitrogen and oxygen atoms in total. The molecule has 1 atom stereocenters. The molecule has 0 spiro atoms. The first kappa shape index (κ1) is 19.6. The molecule has 4 rings (SSSR count). The highest BCUT2D eigenvalue weighted by Gasteiger charge is 2.17. The molecule has 7 heteroatoms. The van der Waals surface area contributed by atoms with Gasteiger partial charge in [0.25, 0.3) is 5.56 Å². The first-order valence-electron chi connectivity index (χ1n) is 9.76. The summed E-state index contributed by atoms with van der Waals surface area (Å²) < 4.78 is 6.89. The molecule has 1 aliphatic rings. The van der Waals surface area contributed by atoms with Crippen LogP contribution in [0.2, 0.25) is 5.02 Å². The fraction of sp³-hybridized carbons (Fsp3) is 0.318. The first-order valence-corrected chi connectivity index (χ1v) is 10.1. The maximum atomic E-state index is 12.9. The van der Waals surface area contributed by atoms with Crippen molar-refractivity contribution in [3.63, 3.8) is 0 Å². The summed E-state index contributed by atoms with van der Waals surface area (Å²) in [7, 11) is 0. The molecule has 0 saturated carbocycles. The Bertz CT molecular complexity index is 1070. The van der Waals surface area contributed by atoms with Gasteiger partial charge in [0.15, 0.2) is 0 Å². The lowest BCUT2D eigenvalue weighted by Gasteiger charge is -2.13. The number of hydrogen-bond donors (Lipinski definition) is 1. The second-order valence-corrected chi connectivity index (χ2v) is 7.55. The van der Waals surface area contributed by atoms with Crippen LogP contribution in [0, 0.1) is 0 Å². The highest BCUT2D eigenvalue weighted by Crippen LogP contribution is 2.25. The fourth-order valence-corrected chi connectivity index (χ4v) is 3.66. The Kier molecular flexibility index (Phi) is 5.92. The number of nitrogens with one attached hydrogen (secondary N) is 1. The molecule has 0 radical (unpaired) electrons. The molecule has 0 bridgehead atoms. The summed E-state index contributed by atoms with van der Waals surface area (Å²) in [6.07, 6.45) is 2.27. The third-order valence-electron chi connectivity index (χ3n) is 5.09. The fourth-order valence-electron chi connectivity index (χ4n) is 3.54. The van der Waals surface area contributed by atoms with Crippen molar-refractivity contribution >= 4 is 28.3 Å². The zero-order valence-electron chi connectivity index (χ0n) is 15.9. The lowest BCUT2D eigenvalue weighted by Crippen LogP contribution is -2.33. The van der Waals surface area contributed by atoms with Crippen LogP contribution in [0.3, 0.4) is 0 Å². The zero-order valence-corrected chi connectivity index (χ0v) is 16.7. The van der Waals surface area contributed by atoms with Gasteiger partial charge in [0.05, 0.1) is 23.7 Å². The van der Waals surface area contributed by atoms with Gasteiger partial charge in [0.1, 0.15) is 0 Å². The number of halogens is 1. The van der Waals surface area contributed by atoms with Gasteiger partial charge in [-0.05, 0) is 31.0 Å². The lowest BCUT2D eigenvalue weighted by molar-refractivity contribution is -0.121. The van der Waals surface area contributed by atoms with Crippen molar-refractivity contribution in [3.8, 4) is 11.3 Å². The number of rotatable bonds is 6. The summed E-state index contributed by atoms with van der Waals surface area (Å²) in [5.41, 5.74) is 1.35. The number of carbonyl (C=O) groups is 1. The van der Waals surface area contributed by atoms with Crippen molar-refractivity contribution in [2.75, 3.05) is 13.2 Å². The molecule has 1 aliphatic heterocycles. The summed E-state index contributed by atoms with van der Waals surface area (Å²) in [6, 6.07) is 14.7. The Hall–Kier alpha value is -2.70. The lowest BCUT2D eigenvalue weighted by atomic mass is 10.1. The monoisotopic (exact) mass is 411 g/mol. The van der Waals surface area contributed by atoms with E-state index in [9.17, 15) is 9.59 Å². The molecular formula is C22H22ClN3O3. The van der Waals surface area contributed by atoms with Crippen LogP contribution in [0.5, 0.6) is 0 Å². The molecule has 2 heterocycles. The van der Waals surface area contributed by atoms with Crippen molar-refractivity contribution in [1.82, 2.24) is 15.1 Å². The molecule has 2 aromatic carbocycles. The van der Waals surface area contributed by atoms with E-state index >= 15 is 0 Å². The number of benzene rings is 2. The molecule has 150 valence electrons. The largest absolute Gasteiger partial charge is 0.376 e. The summed E-state index contributed by atoms with van der Waals surface area (Å²) in [5.74, 6) is -0.115. The van der Waals surface area contributed by atoms with E-state index in [0.29, 0.717) is 22.6 Å². The van der Waals surface area contributed by atoms with Crippen molar-refractivity contribution in [2.24, 2.45) is 0 Å². The van der Waals surface area contributed by atoms with Gasteiger partial charge in [-0.1, -0.05) is 41.9 Å². The SMILES string of the molecule is O=C(CCn1nc(-c2ccc(Cl)cc2)c2ccccc2c1=O)NC[C@@H]1CCCO1. The van der Waals surface area contributed by atoms with Crippen LogP contribution in [0.4, 0.5) is 0 Å². The van der Waals surface area contributed by atoms with Crippen molar-refractivity contribution in [3.05, 3.63) is 63.9 Å². The van der Waals surface area contributed by atoms with Gasteiger partial charge in [-0.25, -0.2) is 4.68 Å². The minimum absolute atomic E-state index is 0.0944. The Morgan fingerprint density at radius 2 is 1.93 bits per heavy atom. The zero-order chi connectivity index (χ0) is 20.2. The maximum absolute atomic E-state index is 12.9. The molecule has 1 N–H and O–H groups in total. The number of aromatic nitrogens is 2. The molecule has 1 aromatic heterocycles. The van der Waals surface area contributed by atoms with E-state index in [1.807, 2.05) is 30.3 Å². The number of ether oxygens (including phenoxy) is 1.